The Kier molecular flexibility index (Phi) is 3.63. The van der Waals surface area contributed by atoms with E-state index in [2.05, 4.69) is 0 Å². The third kappa shape index (κ3) is 2.42. The highest BCUT2D eigenvalue weighted by molar-refractivity contribution is 5.85. The van der Waals surface area contributed by atoms with Crippen LogP contribution in [0, 0.1) is 11.8 Å². The molecule has 4 atom stereocenters. The van der Waals surface area contributed by atoms with Crippen LogP contribution in [0.1, 0.15) is 38.2 Å². The summed E-state index contributed by atoms with van der Waals surface area (Å²) < 4.78 is 0. The van der Waals surface area contributed by atoms with Crippen LogP contribution in [0.15, 0.2) is 30.3 Å². The van der Waals surface area contributed by atoms with Crippen LogP contribution in [-0.2, 0) is 4.79 Å². The lowest BCUT2D eigenvalue weighted by Gasteiger charge is -2.24. The summed E-state index contributed by atoms with van der Waals surface area (Å²) in [6.07, 6.45) is 1.20. The lowest BCUT2D eigenvalue weighted by Crippen LogP contribution is -2.30. The predicted octanol–water partition coefficient (Wildman–Crippen LogP) is 2.77. The smallest absolute Gasteiger partial charge is 0.141 e. The molecule has 2 nitrogen and oxygen atoms in total. The van der Waals surface area contributed by atoms with Gasteiger partial charge in [0.05, 0.1) is 6.10 Å². The van der Waals surface area contributed by atoms with Gasteiger partial charge in [-0.15, -0.1) is 0 Å². The van der Waals surface area contributed by atoms with Gasteiger partial charge in [-0.05, 0) is 18.4 Å². The molecule has 4 unspecified atom stereocenters. The van der Waals surface area contributed by atoms with E-state index in [1.54, 1.807) is 0 Å². The lowest BCUT2D eigenvalue weighted by molar-refractivity contribution is -0.126. The maximum Gasteiger partial charge on any atom is 0.141 e. The molecule has 0 aliphatic heterocycles. The van der Waals surface area contributed by atoms with E-state index < -0.39 is 6.10 Å². The molecule has 1 fully saturated rings. The molecule has 1 aromatic rings. The first-order chi connectivity index (χ1) is 8.11. The van der Waals surface area contributed by atoms with Crippen molar-refractivity contribution in [3.05, 3.63) is 35.9 Å². The quantitative estimate of drug-likeness (QED) is 0.870. The molecule has 0 amide bonds. The normalized spacial score (nSPS) is 28.1. The van der Waals surface area contributed by atoms with Crippen LogP contribution in [0.2, 0.25) is 0 Å². The lowest BCUT2D eigenvalue weighted by atomic mass is 9.85. The highest BCUT2D eigenvalue weighted by atomic mass is 16.3. The van der Waals surface area contributed by atoms with Gasteiger partial charge in [0.15, 0.2) is 0 Å². The number of carbonyl (C=O) groups excluding carboxylic acids is 1. The van der Waals surface area contributed by atoms with Crippen LogP contribution < -0.4 is 0 Å². The summed E-state index contributed by atoms with van der Waals surface area (Å²) in [4.78, 5) is 11.9. The van der Waals surface area contributed by atoms with E-state index in [1.807, 2.05) is 44.2 Å². The van der Waals surface area contributed by atoms with Crippen molar-refractivity contribution >= 4 is 5.78 Å². The number of hydrogen-bond donors (Lipinski definition) is 1. The number of Topliss-reactive ketones (excluding diaryl/α,β-unsaturated/α-hetero) is 1. The van der Waals surface area contributed by atoms with Crippen molar-refractivity contribution in [2.24, 2.45) is 11.8 Å². The maximum absolute atomic E-state index is 11.9. The van der Waals surface area contributed by atoms with Gasteiger partial charge in [-0.2, -0.15) is 0 Å². The summed E-state index contributed by atoms with van der Waals surface area (Å²) in [5.41, 5.74) is 1.10. The van der Waals surface area contributed by atoms with Gasteiger partial charge in [-0.1, -0.05) is 44.2 Å². The molecule has 1 aliphatic rings. The zero-order chi connectivity index (χ0) is 12.4. The van der Waals surface area contributed by atoms with Gasteiger partial charge in [-0.3, -0.25) is 4.79 Å². The van der Waals surface area contributed by atoms with Gasteiger partial charge < -0.3 is 5.11 Å². The van der Waals surface area contributed by atoms with Crippen molar-refractivity contribution in [1.29, 1.82) is 0 Å². The Labute approximate surface area is 103 Å². The number of hydrogen-bond acceptors (Lipinski definition) is 2. The summed E-state index contributed by atoms with van der Waals surface area (Å²) in [5.74, 6) is 0.216. The summed E-state index contributed by atoms with van der Waals surface area (Å²) >= 11 is 0. The molecule has 0 aromatic heterocycles. The van der Waals surface area contributed by atoms with Crippen molar-refractivity contribution < 1.29 is 9.90 Å². The first kappa shape index (κ1) is 12.3. The van der Waals surface area contributed by atoms with Gasteiger partial charge in [0.2, 0.25) is 0 Å². The highest BCUT2D eigenvalue weighted by Crippen LogP contribution is 2.34. The molecule has 92 valence electrons. The highest BCUT2D eigenvalue weighted by Gasteiger charge is 2.38. The van der Waals surface area contributed by atoms with E-state index in [0.717, 1.165) is 18.4 Å². The van der Waals surface area contributed by atoms with Crippen molar-refractivity contribution in [3.63, 3.8) is 0 Å². The van der Waals surface area contributed by atoms with Crippen molar-refractivity contribution in [3.8, 4) is 0 Å². The Hall–Kier alpha value is -1.15. The van der Waals surface area contributed by atoms with Crippen molar-refractivity contribution in [2.45, 2.75) is 38.7 Å². The van der Waals surface area contributed by atoms with Crippen LogP contribution in [0.25, 0.3) is 0 Å². The van der Waals surface area contributed by atoms with Crippen molar-refractivity contribution in [1.82, 2.24) is 0 Å². The fourth-order valence-corrected chi connectivity index (χ4v) is 2.72. The van der Waals surface area contributed by atoms with E-state index >= 15 is 0 Å². The van der Waals surface area contributed by atoms with Gasteiger partial charge in [0.25, 0.3) is 0 Å². The van der Waals surface area contributed by atoms with Crippen LogP contribution >= 0.6 is 0 Å². The maximum atomic E-state index is 11.9. The molecular formula is C15H20O2. The molecule has 17 heavy (non-hydrogen) atoms. The Morgan fingerprint density at radius 2 is 1.88 bits per heavy atom. The zero-order valence-electron chi connectivity index (χ0n) is 10.5. The predicted molar refractivity (Wildman–Crippen MR) is 67.8 cm³/mol. The van der Waals surface area contributed by atoms with E-state index in [9.17, 15) is 9.90 Å². The van der Waals surface area contributed by atoms with E-state index in [-0.39, 0.29) is 23.5 Å². The van der Waals surface area contributed by atoms with Crippen LogP contribution in [-0.4, -0.2) is 17.0 Å². The van der Waals surface area contributed by atoms with Crippen LogP contribution in [0.3, 0.4) is 0 Å². The molecule has 1 saturated carbocycles. The van der Waals surface area contributed by atoms with Crippen LogP contribution in [0.4, 0.5) is 0 Å². The molecular weight excluding hydrogens is 212 g/mol. The second-order valence-corrected chi connectivity index (χ2v) is 5.18. The van der Waals surface area contributed by atoms with Gasteiger partial charge in [-0.25, -0.2) is 0 Å². The van der Waals surface area contributed by atoms with Gasteiger partial charge in [0, 0.05) is 17.8 Å². The Bertz CT molecular complexity index is 385. The minimum atomic E-state index is -0.546. The summed E-state index contributed by atoms with van der Waals surface area (Å²) in [6, 6.07) is 9.92. The monoisotopic (exact) mass is 232 g/mol. The third-order valence-corrected chi connectivity index (χ3v) is 4.01. The average molecular weight is 232 g/mol. The fourth-order valence-electron chi connectivity index (χ4n) is 2.72. The van der Waals surface area contributed by atoms with Gasteiger partial charge in [0.1, 0.15) is 5.78 Å². The molecule has 0 radical (unpaired) electrons. The van der Waals surface area contributed by atoms with Gasteiger partial charge >= 0.3 is 0 Å². The molecule has 0 saturated heterocycles. The molecule has 0 bridgehead atoms. The molecule has 0 spiro atoms. The summed E-state index contributed by atoms with van der Waals surface area (Å²) in [6.45, 7) is 3.96. The van der Waals surface area contributed by atoms with E-state index in [0.29, 0.717) is 0 Å². The number of carbonyl (C=O) groups is 1. The minimum absolute atomic E-state index is 0.0236. The minimum Gasteiger partial charge on any atom is -0.392 e. The second kappa shape index (κ2) is 5.01. The molecule has 2 heteroatoms. The number of benzene rings is 1. The van der Waals surface area contributed by atoms with E-state index in [1.165, 1.54) is 0 Å². The number of rotatable bonds is 3. The molecule has 0 heterocycles. The van der Waals surface area contributed by atoms with Crippen molar-refractivity contribution in [2.75, 3.05) is 0 Å². The van der Waals surface area contributed by atoms with E-state index in [4.69, 9.17) is 0 Å². The molecule has 1 aliphatic carbocycles. The standard InChI is InChI=1S/C15H20O2/c1-10-8-9-13(14(10)16)15(17)11(2)12-6-4-3-5-7-12/h3-7,10-11,13,15,17H,8-9H2,1-2H3. The first-order valence-electron chi connectivity index (χ1n) is 6.38. The molecule has 2 rings (SSSR count). The third-order valence-electron chi connectivity index (χ3n) is 4.01. The first-order valence-corrected chi connectivity index (χ1v) is 6.38. The largest absolute Gasteiger partial charge is 0.392 e. The second-order valence-electron chi connectivity index (χ2n) is 5.18. The summed E-state index contributed by atoms with van der Waals surface area (Å²) in [7, 11) is 0. The number of aliphatic hydroxyl groups excluding tert-OH is 1. The Morgan fingerprint density at radius 3 is 2.41 bits per heavy atom. The number of aliphatic hydroxyl groups is 1. The topological polar surface area (TPSA) is 37.3 Å². The zero-order valence-corrected chi connectivity index (χ0v) is 10.5. The fraction of sp³-hybridized carbons (Fsp3) is 0.533. The molecule has 1 N–H and O–H groups in total. The molecule has 1 aromatic carbocycles. The summed E-state index contributed by atoms with van der Waals surface area (Å²) in [5, 5.41) is 10.3. The SMILES string of the molecule is CC1CCC(C(O)C(C)c2ccccc2)C1=O. The Balaban J connectivity index is 2.10. The average Bonchev–Trinajstić information content (AvgIpc) is 2.69. The Morgan fingerprint density at radius 1 is 1.24 bits per heavy atom. The number of ketones is 1. The van der Waals surface area contributed by atoms with Crippen LogP contribution in [0.5, 0.6) is 0 Å².